The smallest absolute Gasteiger partial charge is 0.247 e. The monoisotopic (exact) mass is 743 g/mol. The van der Waals surface area contributed by atoms with Crippen molar-refractivity contribution in [1.82, 2.24) is 39.9 Å². The Bertz CT molecular complexity index is 1780. The Labute approximate surface area is 310 Å². The second-order valence-corrected chi connectivity index (χ2v) is 12.7. The summed E-state index contributed by atoms with van der Waals surface area (Å²) in [5.74, 6) is 0.423. The van der Waals surface area contributed by atoms with Crippen molar-refractivity contribution in [2.24, 2.45) is 0 Å². The number of carbonyl (C=O) groups excluding carboxylic acids is 1. The number of anilines is 2. The molecule has 0 aromatic carbocycles. The fourth-order valence-corrected chi connectivity index (χ4v) is 5.88. The first kappa shape index (κ1) is 41.3. The Morgan fingerprint density at radius 1 is 0.755 bits per heavy atom. The third kappa shape index (κ3) is 11.3. The molecule has 2 fully saturated rings. The van der Waals surface area contributed by atoms with Crippen LogP contribution in [-0.2, 0) is 18.9 Å². The van der Waals surface area contributed by atoms with Crippen LogP contribution >= 0.6 is 0 Å². The maximum Gasteiger partial charge on any atom is 0.247 e. The quantitative estimate of drug-likeness (QED) is 0.118. The normalized spacial score (nSPS) is 16.9. The Balaban J connectivity index is 0.000000280. The van der Waals surface area contributed by atoms with E-state index in [-0.39, 0.29) is 63.9 Å². The van der Waals surface area contributed by atoms with Crippen molar-refractivity contribution in [2.75, 3.05) is 39.3 Å². The number of hydrogen-bond donors (Lipinski definition) is 3. The first-order chi connectivity index (χ1) is 25.2. The summed E-state index contributed by atoms with van der Waals surface area (Å²) in [5, 5.41) is 10.5. The largest absolute Gasteiger partial charge is 0.473 e. The topological polar surface area (TPSA) is 248 Å². The van der Waals surface area contributed by atoms with Gasteiger partial charge in [-0.2, -0.15) is 19.9 Å². The molecule has 3 atom stereocenters. The van der Waals surface area contributed by atoms with E-state index in [1.807, 2.05) is 0 Å². The molecule has 0 unspecified atom stereocenters. The maximum atomic E-state index is 12.5. The molecule has 5 N–H and O–H groups in total. The van der Waals surface area contributed by atoms with Gasteiger partial charge in [-0.15, -0.1) is 0 Å². The highest BCUT2D eigenvalue weighted by atomic mass is 16.7. The average molecular weight is 744 g/mol. The number of nitrogens with two attached hydrogens (primary N) is 2. The van der Waals surface area contributed by atoms with E-state index in [9.17, 15) is 9.90 Å². The third-order valence-corrected chi connectivity index (χ3v) is 8.72. The Morgan fingerprint density at radius 2 is 1.25 bits per heavy atom. The molecule has 0 saturated heterocycles. The lowest BCUT2D eigenvalue weighted by molar-refractivity contribution is -0.106. The number of aliphatic hydroxyl groups excluding tert-OH is 1. The highest BCUT2D eigenvalue weighted by Crippen LogP contribution is 2.29. The number of nitrogens with zero attached hydrogens (tertiary/aromatic N) is 8. The Hall–Kier alpha value is -4.49. The summed E-state index contributed by atoms with van der Waals surface area (Å²) < 4.78 is 32.4. The van der Waals surface area contributed by atoms with Gasteiger partial charge in [0.1, 0.15) is 43.7 Å². The van der Waals surface area contributed by atoms with E-state index in [0.717, 1.165) is 51.4 Å². The van der Waals surface area contributed by atoms with Gasteiger partial charge in [0.05, 0.1) is 24.2 Å². The zero-order valence-corrected chi connectivity index (χ0v) is 30.1. The molecule has 4 aromatic rings. The van der Waals surface area contributed by atoms with Crippen LogP contribution in [0, 0.1) is 0 Å². The Morgan fingerprint density at radius 3 is 1.77 bits per heavy atom. The predicted molar refractivity (Wildman–Crippen MR) is 197 cm³/mol. The van der Waals surface area contributed by atoms with Crippen molar-refractivity contribution >= 4 is 40.0 Å². The zero-order chi connectivity index (χ0) is 37.0. The fourth-order valence-electron chi connectivity index (χ4n) is 5.88. The maximum absolute atomic E-state index is 12.5. The SMILES string of the molecule is C.COCO[C@@H](C)C(=O)c1cnc2nc(N)nc(OC3CCCCC3)c2n1.COCO[C@@H](C)[C@H](O)c1cnc2nc(N)nc(OC3CCCCC3)c2n1.[2HH]. The summed E-state index contributed by atoms with van der Waals surface area (Å²) in [6, 6.07) is 0. The van der Waals surface area contributed by atoms with Crippen LogP contribution < -0.4 is 20.9 Å². The van der Waals surface area contributed by atoms with E-state index in [1.54, 1.807) is 13.8 Å². The molecular weight excluding hydrogens is 688 g/mol. The minimum Gasteiger partial charge on any atom is -0.473 e. The molecule has 0 bridgehead atoms. The van der Waals surface area contributed by atoms with Crippen LogP contribution in [0.5, 0.6) is 11.8 Å². The van der Waals surface area contributed by atoms with Gasteiger partial charge in [0.15, 0.2) is 22.3 Å². The van der Waals surface area contributed by atoms with E-state index < -0.39 is 18.3 Å². The van der Waals surface area contributed by atoms with Gasteiger partial charge >= 0.3 is 0 Å². The van der Waals surface area contributed by atoms with Crippen LogP contribution in [-0.4, -0.2) is 103 Å². The Kier molecular flexibility index (Phi) is 15.6. The first-order valence-corrected chi connectivity index (χ1v) is 17.5. The molecule has 2 aliphatic rings. The minimum atomic E-state index is -0.970. The molecular formula is C35H54N10O8. The molecule has 6 rings (SSSR count). The van der Waals surface area contributed by atoms with Gasteiger partial charge < -0.3 is 45.0 Å². The van der Waals surface area contributed by atoms with Crippen molar-refractivity contribution in [3.05, 3.63) is 23.8 Å². The molecule has 2 aliphatic carbocycles. The van der Waals surface area contributed by atoms with Gasteiger partial charge in [0.2, 0.25) is 29.4 Å². The van der Waals surface area contributed by atoms with E-state index in [1.165, 1.54) is 39.5 Å². The summed E-state index contributed by atoms with van der Waals surface area (Å²) in [4.78, 5) is 46.3. The molecule has 0 amide bonds. The summed E-state index contributed by atoms with van der Waals surface area (Å²) in [5.41, 5.74) is 13.4. The lowest BCUT2D eigenvalue weighted by atomic mass is 9.98. The molecule has 18 nitrogen and oxygen atoms in total. The molecule has 2 saturated carbocycles. The summed E-state index contributed by atoms with van der Waals surface area (Å²) >= 11 is 0. The number of methoxy groups -OCH3 is 2. The summed E-state index contributed by atoms with van der Waals surface area (Å²) in [6.45, 7) is 3.46. The second kappa shape index (κ2) is 20.1. The number of fused-ring (bicyclic) bond motifs is 2. The highest BCUT2D eigenvalue weighted by Gasteiger charge is 2.25. The molecule has 0 spiro atoms. The third-order valence-electron chi connectivity index (χ3n) is 8.72. The number of ketones is 1. The van der Waals surface area contributed by atoms with Crippen LogP contribution in [0.1, 0.15) is 109 Å². The van der Waals surface area contributed by atoms with E-state index in [2.05, 4.69) is 39.9 Å². The summed E-state index contributed by atoms with van der Waals surface area (Å²) in [6.07, 6.45) is 11.6. The van der Waals surface area contributed by atoms with Crippen LogP contribution in [0.15, 0.2) is 12.4 Å². The second-order valence-electron chi connectivity index (χ2n) is 12.7. The average Bonchev–Trinajstić information content (AvgIpc) is 3.16. The number of aromatic nitrogens is 8. The van der Waals surface area contributed by atoms with Crippen LogP contribution in [0.3, 0.4) is 0 Å². The van der Waals surface area contributed by atoms with E-state index in [4.69, 9.17) is 39.9 Å². The molecule has 53 heavy (non-hydrogen) atoms. The zero-order valence-electron chi connectivity index (χ0n) is 30.1. The van der Waals surface area contributed by atoms with Crippen LogP contribution in [0.2, 0.25) is 0 Å². The van der Waals surface area contributed by atoms with Crippen molar-refractivity contribution in [3.8, 4) is 11.8 Å². The fraction of sp³-hybridized carbons (Fsp3) is 0.629. The van der Waals surface area contributed by atoms with Crippen molar-refractivity contribution in [3.63, 3.8) is 0 Å². The number of nitrogen functional groups attached to an aromatic ring is 2. The molecule has 18 heteroatoms. The van der Waals surface area contributed by atoms with Crippen molar-refractivity contribution in [1.29, 1.82) is 0 Å². The van der Waals surface area contributed by atoms with Gasteiger partial charge in [0.25, 0.3) is 0 Å². The number of carbonyl (C=O) groups is 1. The van der Waals surface area contributed by atoms with Gasteiger partial charge in [0, 0.05) is 15.6 Å². The number of hydrogen-bond acceptors (Lipinski definition) is 18. The first-order valence-electron chi connectivity index (χ1n) is 17.5. The van der Waals surface area contributed by atoms with Gasteiger partial charge in [-0.25, -0.2) is 19.9 Å². The van der Waals surface area contributed by atoms with Gasteiger partial charge in [-0.05, 0) is 65.2 Å². The van der Waals surface area contributed by atoms with Gasteiger partial charge in [-0.1, -0.05) is 20.3 Å². The summed E-state index contributed by atoms with van der Waals surface area (Å²) in [7, 11) is 3.01. The number of Topliss-reactive ketones (excluding diaryl/α,β-unsaturated/α-hetero) is 1. The van der Waals surface area contributed by atoms with Crippen molar-refractivity contribution in [2.45, 2.75) is 116 Å². The standard InChI is InChI=1S/C17H25N5O4.C17H23N5O4.CH4.H2/c2*1-10(25-9-24-2)14(23)12-8-19-15-13(20-12)16(22-17(18)21-15)26-11-6-4-3-5-7-11;;/h8,10-11,14,23H,3-7,9H2,1-2H3,(H2,18,19,21,22);8,10-11H,3-7,9H2,1-2H3,(H2,18,19,21,22);1H4;1H/t10-,14-;10-;;/m00../s1/i;;;1+1. The molecule has 292 valence electrons. The molecule has 0 radical (unpaired) electrons. The lowest BCUT2D eigenvalue weighted by Gasteiger charge is -2.23. The molecule has 0 aliphatic heterocycles. The van der Waals surface area contributed by atoms with Crippen LogP contribution in [0.4, 0.5) is 11.9 Å². The van der Waals surface area contributed by atoms with E-state index in [0.29, 0.717) is 33.9 Å². The highest BCUT2D eigenvalue weighted by molar-refractivity contribution is 5.98. The van der Waals surface area contributed by atoms with Gasteiger partial charge in [-0.3, -0.25) is 4.79 Å². The van der Waals surface area contributed by atoms with Crippen LogP contribution in [0.25, 0.3) is 22.3 Å². The molecule has 4 aromatic heterocycles. The predicted octanol–water partition coefficient (Wildman–Crippen LogP) is 4.54. The lowest BCUT2D eigenvalue weighted by Crippen LogP contribution is -2.24. The molecule has 4 heterocycles. The number of aliphatic hydroxyl groups is 1. The number of ether oxygens (including phenoxy) is 6. The van der Waals surface area contributed by atoms with E-state index >= 15 is 0 Å². The van der Waals surface area contributed by atoms with Crippen molar-refractivity contribution < 1.29 is 39.7 Å². The minimum absolute atomic E-state index is 0. The number of rotatable bonds is 14.